The van der Waals surface area contributed by atoms with Gasteiger partial charge in [0.25, 0.3) is 5.91 Å². The van der Waals surface area contributed by atoms with E-state index in [1.165, 1.54) is 25.3 Å². The lowest BCUT2D eigenvalue weighted by atomic mass is 10.0. The molecule has 0 aliphatic carbocycles. The average Bonchev–Trinajstić information content (AvgIpc) is 2.37. The number of carbonyl (C=O) groups excluding carboxylic acids is 1. The van der Waals surface area contributed by atoms with Gasteiger partial charge in [0.05, 0.1) is 12.0 Å². The van der Waals surface area contributed by atoms with E-state index in [0.717, 1.165) is 0 Å². The Morgan fingerprint density at radius 1 is 1.50 bits per heavy atom. The van der Waals surface area contributed by atoms with Crippen LogP contribution in [0.1, 0.15) is 31.1 Å². The zero-order valence-electron chi connectivity index (χ0n) is 11.8. The fourth-order valence-electron chi connectivity index (χ4n) is 1.44. The van der Waals surface area contributed by atoms with Crippen LogP contribution >= 0.6 is 15.9 Å². The van der Waals surface area contributed by atoms with Gasteiger partial charge in [0, 0.05) is 22.0 Å². The third kappa shape index (κ3) is 3.69. The number of hydrogen-bond acceptors (Lipinski definition) is 4. The molecule has 1 rings (SSSR count). The topological polar surface area (TPSA) is 81.5 Å². The zero-order chi connectivity index (χ0) is 15.5. The molecule has 0 heterocycles. The minimum atomic E-state index is -0.576. The number of nitrogens with zero attached hydrogens (tertiary/aromatic N) is 1. The Hall–Kier alpha value is -1.63. The molecule has 1 aromatic carbocycles. The van der Waals surface area contributed by atoms with Gasteiger partial charge in [-0.2, -0.15) is 0 Å². The van der Waals surface area contributed by atoms with Crippen molar-refractivity contribution in [1.82, 2.24) is 5.32 Å². The Labute approximate surface area is 125 Å². The van der Waals surface area contributed by atoms with E-state index in [4.69, 9.17) is 4.74 Å². The lowest BCUT2D eigenvalue weighted by molar-refractivity contribution is -0.385. The summed E-state index contributed by atoms with van der Waals surface area (Å²) < 4.78 is 4.90. The minimum Gasteiger partial charge on any atom is -0.490 e. The number of benzene rings is 1. The molecule has 0 aliphatic rings. The maximum atomic E-state index is 12.1. The van der Waals surface area contributed by atoms with Gasteiger partial charge in [-0.1, -0.05) is 22.9 Å². The second-order valence-corrected chi connectivity index (χ2v) is 6.31. The Morgan fingerprint density at radius 2 is 2.10 bits per heavy atom. The minimum absolute atomic E-state index is 0.0483. The summed E-state index contributed by atoms with van der Waals surface area (Å²) in [6, 6.07) is 4.12. The quantitative estimate of drug-likeness (QED) is 0.505. The Morgan fingerprint density at radius 3 is 2.55 bits per heavy atom. The van der Waals surface area contributed by atoms with Crippen LogP contribution in [0.25, 0.3) is 0 Å². The Bertz CT molecular complexity index is 529. The van der Waals surface area contributed by atoms with Gasteiger partial charge in [0.15, 0.2) is 5.75 Å². The lowest BCUT2D eigenvalue weighted by Gasteiger charge is -2.29. The third-order valence-corrected chi connectivity index (χ3v) is 4.21. The predicted octanol–water partition coefficient (Wildman–Crippen LogP) is 2.90. The highest BCUT2D eigenvalue weighted by molar-refractivity contribution is 9.09. The lowest BCUT2D eigenvalue weighted by Crippen LogP contribution is -2.48. The number of carbonyl (C=O) groups is 1. The maximum Gasteiger partial charge on any atom is 0.311 e. The summed E-state index contributed by atoms with van der Waals surface area (Å²) in [4.78, 5) is 22.6. The van der Waals surface area contributed by atoms with Crippen LogP contribution in [-0.4, -0.2) is 28.3 Å². The number of ether oxygens (including phenoxy) is 1. The zero-order valence-corrected chi connectivity index (χ0v) is 13.4. The van der Waals surface area contributed by atoms with E-state index in [-0.39, 0.29) is 27.7 Å². The van der Waals surface area contributed by atoms with Crippen molar-refractivity contribution in [2.45, 2.75) is 31.1 Å². The predicted molar refractivity (Wildman–Crippen MR) is 79.6 cm³/mol. The highest BCUT2D eigenvalue weighted by Crippen LogP contribution is 2.28. The van der Waals surface area contributed by atoms with Crippen LogP contribution in [0, 0.1) is 10.1 Å². The van der Waals surface area contributed by atoms with Crippen molar-refractivity contribution in [3.8, 4) is 5.75 Å². The summed E-state index contributed by atoms with van der Waals surface area (Å²) in [5.41, 5.74) is -0.491. The number of nitrogens with one attached hydrogen (secondary N) is 1. The van der Waals surface area contributed by atoms with E-state index < -0.39 is 10.5 Å². The van der Waals surface area contributed by atoms with Crippen molar-refractivity contribution in [3.63, 3.8) is 0 Å². The number of methoxy groups -OCH3 is 1. The molecular weight excluding hydrogens is 328 g/mol. The van der Waals surface area contributed by atoms with Crippen LogP contribution in [0.4, 0.5) is 5.69 Å². The molecule has 1 amide bonds. The van der Waals surface area contributed by atoms with Crippen molar-refractivity contribution in [3.05, 3.63) is 33.9 Å². The van der Waals surface area contributed by atoms with Gasteiger partial charge in [-0.25, -0.2) is 0 Å². The fraction of sp³-hybridized carbons (Fsp3) is 0.462. The van der Waals surface area contributed by atoms with Gasteiger partial charge in [-0.05, 0) is 26.0 Å². The van der Waals surface area contributed by atoms with Gasteiger partial charge in [-0.15, -0.1) is 0 Å². The summed E-state index contributed by atoms with van der Waals surface area (Å²) >= 11 is 3.41. The molecule has 1 aromatic rings. The normalized spacial score (nSPS) is 12.7. The van der Waals surface area contributed by atoms with E-state index in [9.17, 15) is 14.9 Å². The van der Waals surface area contributed by atoms with Gasteiger partial charge in [-0.3, -0.25) is 14.9 Å². The molecule has 0 saturated heterocycles. The molecule has 7 heteroatoms. The second kappa shape index (κ2) is 6.21. The van der Waals surface area contributed by atoms with Crippen molar-refractivity contribution < 1.29 is 14.5 Å². The van der Waals surface area contributed by atoms with Gasteiger partial charge in [0.1, 0.15) is 0 Å². The van der Waals surface area contributed by atoms with Crippen LogP contribution in [0.15, 0.2) is 18.2 Å². The SMILES string of the molecule is COc1ccc(C(=O)NC(C)(C)C(C)Br)cc1[N+](=O)[O-]. The first kappa shape index (κ1) is 16.4. The van der Waals surface area contributed by atoms with Crippen molar-refractivity contribution in [2.75, 3.05) is 7.11 Å². The molecule has 0 aliphatic heterocycles. The molecule has 110 valence electrons. The summed E-state index contributed by atoms with van der Waals surface area (Å²) in [6.45, 7) is 5.64. The van der Waals surface area contributed by atoms with Crippen molar-refractivity contribution in [1.29, 1.82) is 0 Å². The molecule has 20 heavy (non-hydrogen) atoms. The molecule has 0 bridgehead atoms. The standard InChI is InChI=1S/C13H17BrN2O4/c1-8(14)13(2,3)15-12(17)9-5-6-11(20-4)10(7-9)16(18)19/h5-8H,1-4H3,(H,15,17). The monoisotopic (exact) mass is 344 g/mol. The molecule has 1 N–H and O–H groups in total. The van der Waals surface area contributed by atoms with E-state index in [0.29, 0.717) is 0 Å². The fourth-order valence-corrected chi connectivity index (χ4v) is 1.55. The molecule has 0 radical (unpaired) electrons. The number of halogens is 1. The smallest absolute Gasteiger partial charge is 0.311 e. The Balaban J connectivity index is 3.06. The third-order valence-electron chi connectivity index (χ3n) is 3.07. The average molecular weight is 345 g/mol. The summed E-state index contributed by atoms with van der Waals surface area (Å²) in [7, 11) is 1.34. The number of alkyl halides is 1. The number of rotatable bonds is 5. The maximum absolute atomic E-state index is 12.1. The van der Waals surface area contributed by atoms with Gasteiger partial charge in [0.2, 0.25) is 0 Å². The van der Waals surface area contributed by atoms with Crippen LogP contribution in [0.5, 0.6) is 5.75 Å². The highest BCUT2D eigenvalue weighted by Gasteiger charge is 2.27. The molecule has 0 saturated carbocycles. The molecule has 0 fully saturated rings. The van der Waals surface area contributed by atoms with Crippen LogP contribution in [-0.2, 0) is 0 Å². The molecule has 6 nitrogen and oxygen atoms in total. The Kier molecular flexibility index (Phi) is 5.10. The van der Waals surface area contributed by atoms with Gasteiger partial charge >= 0.3 is 5.69 Å². The first-order valence-corrected chi connectivity index (χ1v) is 6.89. The number of hydrogen-bond donors (Lipinski definition) is 1. The molecule has 0 aromatic heterocycles. The number of nitro groups is 1. The highest BCUT2D eigenvalue weighted by atomic mass is 79.9. The van der Waals surface area contributed by atoms with E-state index in [2.05, 4.69) is 21.2 Å². The molecule has 1 atom stereocenters. The number of nitro benzene ring substituents is 1. The van der Waals surface area contributed by atoms with E-state index in [1.54, 1.807) is 0 Å². The van der Waals surface area contributed by atoms with E-state index >= 15 is 0 Å². The first-order chi connectivity index (χ1) is 9.19. The van der Waals surface area contributed by atoms with Crippen molar-refractivity contribution in [2.24, 2.45) is 0 Å². The molecular formula is C13H17BrN2O4. The van der Waals surface area contributed by atoms with Crippen LogP contribution < -0.4 is 10.1 Å². The van der Waals surface area contributed by atoms with E-state index in [1.807, 2.05) is 20.8 Å². The molecule has 0 spiro atoms. The van der Waals surface area contributed by atoms with Crippen LogP contribution in [0.2, 0.25) is 0 Å². The summed E-state index contributed by atoms with van der Waals surface area (Å²) in [5, 5.41) is 13.8. The summed E-state index contributed by atoms with van der Waals surface area (Å²) in [5.74, 6) is -0.244. The first-order valence-electron chi connectivity index (χ1n) is 5.98. The van der Waals surface area contributed by atoms with Crippen LogP contribution in [0.3, 0.4) is 0 Å². The second-order valence-electron chi connectivity index (χ2n) is 4.94. The molecule has 1 unspecified atom stereocenters. The largest absolute Gasteiger partial charge is 0.490 e. The summed E-state index contributed by atoms with van der Waals surface area (Å²) in [6.07, 6.45) is 0. The number of amides is 1. The van der Waals surface area contributed by atoms with Crippen molar-refractivity contribution >= 4 is 27.5 Å². The van der Waals surface area contributed by atoms with Gasteiger partial charge < -0.3 is 10.1 Å².